The van der Waals surface area contributed by atoms with E-state index in [1.807, 2.05) is 77.9 Å². The number of rotatable bonds is 11. The van der Waals surface area contributed by atoms with Crippen LogP contribution in [-0.4, -0.2) is 43.3 Å². The van der Waals surface area contributed by atoms with Gasteiger partial charge in [-0.3, -0.25) is 13.9 Å². The molecule has 4 aromatic rings. The summed E-state index contributed by atoms with van der Waals surface area (Å²) in [6.07, 6.45) is 0.185. The minimum absolute atomic E-state index is 0.0421. The largest absolute Gasteiger partial charge is 0.350 e. The zero-order valence-electron chi connectivity index (χ0n) is 27.2. The van der Waals surface area contributed by atoms with E-state index in [1.54, 1.807) is 36.4 Å². The Balaban J connectivity index is 1.83. The molecule has 4 rings (SSSR count). The second-order valence-electron chi connectivity index (χ2n) is 12.7. The Morgan fingerprint density at radius 1 is 0.804 bits per heavy atom. The van der Waals surface area contributed by atoms with E-state index in [-0.39, 0.29) is 23.8 Å². The second-order valence-corrected chi connectivity index (χ2v) is 14.5. The fraction of sp³-hybridized carbons (Fsp3) is 0.297. The summed E-state index contributed by atoms with van der Waals surface area (Å²) in [6.45, 7) is 10.6. The third-order valence-corrected chi connectivity index (χ3v) is 9.49. The normalized spacial score (nSPS) is 12.3. The Morgan fingerprint density at radius 3 is 2.02 bits per heavy atom. The quantitative estimate of drug-likeness (QED) is 0.202. The molecule has 242 valence electrons. The van der Waals surface area contributed by atoms with E-state index in [4.69, 9.17) is 0 Å². The number of hydrogen-bond acceptors (Lipinski definition) is 4. The maximum atomic E-state index is 14.5. The van der Waals surface area contributed by atoms with Gasteiger partial charge in [-0.25, -0.2) is 12.8 Å². The zero-order chi connectivity index (χ0) is 33.6. The van der Waals surface area contributed by atoms with Crippen molar-refractivity contribution in [2.24, 2.45) is 0 Å². The number of halogens is 1. The molecule has 0 aliphatic carbocycles. The van der Waals surface area contributed by atoms with Crippen molar-refractivity contribution in [3.05, 3.63) is 131 Å². The maximum Gasteiger partial charge on any atom is 0.264 e. The molecule has 9 heteroatoms. The fourth-order valence-electron chi connectivity index (χ4n) is 5.04. The van der Waals surface area contributed by atoms with Crippen molar-refractivity contribution in [1.82, 2.24) is 10.2 Å². The van der Waals surface area contributed by atoms with Gasteiger partial charge in [-0.05, 0) is 100 Å². The van der Waals surface area contributed by atoms with Gasteiger partial charge in [0.1, 0.15) is 18.4 Å². The SMILES string of the molecule is Cc1ccc(S(=O)(=O)N(CC(=O)N(Cc2ccc(F)cc2)[C@@H](Cc2ccccc2)C(=O)NC(C)(C)C)c2ccc(C)c(C)c2)cc1. The highest BCUT2D eigenvalue weighted by atomic mass is 32.2. The summed E-state index contributed by atoms with van der Waals surface area (Å²) in [4.78, 5) is 29.9. The molecule has 0 aliphatic rings. The van der Waals surface area contributed by atoms with Crippen LogP contribution in [0.4, 0.5) is 10.1 Å². The van der Waals surface area contributed by atoms with Crippen LogP contribution in [0.3, 0.4) is 0 Å². The van der Waals surface area contributed by atoms with E-state index in [0.717, 1.165) is 26.6 Å². The minimum atomic E-state index is -4.21. The molecule has 0 saturated heterocycles. The predicted molar refractivity (Wildman–Crippen MR) is 180 cm³/mol. The summed E-state index contributed by atoms with van der Waals surface area (Å²) in [5.41, 5.74) is 3.88. The molecule has 0 fully saturated rings. The van der Waals surface area contributed by atoms with Crippen LogP contribution in [0.1, 0.15) is 48.6 Å². The lowest BCUT2D eigenvalue weighted by Crippen LogP contribution is -2.56. The van der Waals surface area contributed by atoms with Crippen molar-refractivity contribution in [1.29, 1.82) is 0 Å². The number of aryl methyl sites for hydroxylation is 3. The van der Waals surface area contributed by atoms with Gasteiger partial charge in [0, 0.05) is 18.5 Å². The summed E-state index contributed by atoms with van der Waals surface area (Å²) in [5, 5.41) is 3.01. The first-order chi connectivity index (χ1) is 21.6. The molecule has 1 N–H and O–H groups in total. The van der Waals surface area contributed by atoms with Gasteiger partial charge in [0.25, 0.3) is 10.0 Å². The molecule has 0 unspecified atom stereocenters. The first-order valence-corrected chi connectivity index (χ1v) is 16.6. The molecule has 0 aliphatic heterocycles. The number of sulfonamides is 1. The first kappa shape index (κ1) is 34.4. The molecule has 46 heavy (non-hydrogen) atoms. The summed E-state index contributed by atoms with van der Waals surface area (Å²) in [5.74, 6) is -1.40. The Hall–Kier alpha value is -4.50. The van der Waals surface area contributed by atoms with Gasteiger partial charge < -0.3 is 10.2 Å². The van der Waals surface area contributed by atoms with Crippen LogP contribution in [0.25, 0.3) is 0 Å². The van der Waals surface area contributed by atoms with E-state index in [9.17, 15) is 22.4 Å². The van der Waals surface area contributed by atoms with Gasteiger partial charge in [0.15, 0.2) is 0 Å². The monoisotopic (exact) mass is 643 g/mol. The van der Waals surface area contributed by atoms with Gasteiger partial charge in [0.05, 0.1) is 10.6 Å². The number of nitrogens with zero attached hydrogens (tertiary/aromatic N) is 2. The summed E-state index contributed by atoms with van der Waals surface area (Å²) < 4.78 is 43.4. The molecule has 1 atom stereocenters. The average Bonchev–Trinajstić information content (AvgIpc) is 2.99. The number of amides is 2. The Morgan fingerprint density at radius 2 is 1.43 bits per heavy atom. The van der Waals surface area contributed by atoms with Crippen molar-refractivity contribution in [2.75, 3.05) is 10.8 Å². The number of anilines is 1. The Bertz CT molecular complexity index is 1770. The van der Waals surface area contributed by atoms with E-state index in [0.29, 0.717) is 11.3 Å². The van der Waals surface area contributed by atoms with Crippen LogP contribution < -0.4 is 9.62 Å². The molecule has 0 radical (unpaired) electrons. The first-order valence-electron chi connectivity index (χ1n) is 15.2. The Kier molecular flexibility index (Phi) is 10.7. The van der Waals surface area contributed by atoms with Gasteiger partial charge in [-0.15, -0.1) is 0 Å². The van der Waals surface area contributed by atoms with Crippen molar-refractivity contribution in [2.45, 2.75) is 71.0 Å². The lowest BCUT2D eigenvalue weighted by molar-refractivity contribution is -0.140. The van der Waals surface area contributed by atoms with Crippen LogP contribution in [0, 0.1) is 26.6 Å². The second kappa shape index (κ2) is 14.3. The number of carbonyl (C=O) groups excluding carboxylic acids is 2. The van der Waals surface area contributed by atoms with Crippen molar-refractivity contribution in [3.63, 3.8) is 0 Å². The van der Waals surface area contributed by atoms with Crippen LogP contribution in [0.5, 0.6) is 0 Å². The van der Waals surface area contributed by atoms with E-state index >= 15 is 0 Å². The van der Waals surface area contributed by atoms with Gasteiger partial charge in [-0.2, -0.15) is 0 Å². The van der Waals surface area contributed by atoms with Crippen LogP contribution in [0.2, 0.25) is 0 Å². The molecule has 7 nitrogen and oxygen atoms in total. The molecule has 4 aromatic carbocycles. The van der Waals surface area contributed by atoms with E-state index in [1.165, 1.54) is 29.2 Å². The number of carbonyl (C=O) groups is 2. The standard InChI is InChI=1S/C37H42FN3O4S/c1-26-12-20-33(21-13-26)46(44,45)41(32-19-14-27(2)28(3)22-32)25-35(42)40(24-30-15-17-31(38)18-16-30)34(36(43)39-37(4,5)6)23-29-10-8-7-9-11-29/h7-22,34H,23-25H2,1-6H3,(H,39,43)/t34-/m0/s1. The molecule has 0 saturated carbocycles. The number of hydrogen-bond donors (Lipinski definition) is 1. The average molecular weight is 644 g/mol. The Labute approximate surface area is 272 Å². The van der Waals surface area contributed by atoms with Crippen molar-refractivity contribution >= 4 is 27.5 Å². The molecule has 0 heterocycles. The zero-order valence-corrected chi connectivity index (χ0v) is 28.1. The summed E-state index contributed by atoms with van der Waals surface area (Å²) in [6, 6.07) is 25.7. The topological polar surface area (TPSA) is 86.8 Å². The molecular weight excluding hydrogens is 601 g/mol. The lowest BCUT2D eigenvalue weighted by atomic mass is 10.0. The summed E-state index contributed by atoms with van der Waals surface area (Å²) >= 11 is 0. The van der Waals surface area contributed by atoms with Gasteiger partial charge in [-0.1, -0.05) is 66.2 Å². The smallest absolute Gasteiger partial charge is 0.264 e. The molecule has 2 amide bonds. The van der Waals surface area contributed by atoms with E-state index < -0.39 is 39.9 Å². The van der Waals surface area contributed by atoms with Crippen LogP contribution >= 0.6 is 0 Å². The third kappa shape index (κ3) is 8.81. The molecule has 0 aromatic heterocycles. The highest BCUT2D eigenvalue weighted by Crippen LogP contribution is 2.27. The number of benzene rings is 4. The van der Waals surface area contributed by atoms with Gasteiger partial charge in [0.2, 0.25) is 11.8 Å². The number of nitrogens with one attached hydrogen (secondary N) is 1. The van der Waals surface area contributed by atoms with Crippen molar-refractivity contribution < 1.29 is 22.4 Å². The summed E-state index contributed by atoms with van der Waals surface area (Å²) in [7, 11) is -4.21. The predicted octanol–water partition coefficient (Wildman–Crippen LogP) is 6.50. The highest BCUT2D eigenvalue weighted by molar-refractivity contribution is 7.92. The third-order valence-electron chi connectivity index (χ3n) is 7.70. The molecule has 0 spiro atoms. The molecular formula is C37H42FN3O4S. The molecule has 0 bridgehead atoms. The van der Waals surface area contributed by atoms with Crippen LogP contribution in [-0.2, 0) is 32.6 Å². The highest BCUT2D eigenvalue weighted by Gasteiger charge is 2.35. The lowest BCUT2D eigenvalue weighted by Gasteiger charge is -2.35. The van der Waals surface area contributed by atoms with Crippen molar-refractivity contribution in [3.8, 4) is 0 Å². The minimum Gasteiger partial charge on any atom is -0.350 e. The fourth-order valence-corrected chi connectivity index (χ4v) is 6.45. The van der Waals surface area contributed by atoms with Gasteiger partial charge >= 0.3 is 0 Å². The maximum absolute atomic E-state index is 14.5. The van der Waals surface area contributed by atoms with Crippen LogP contribution in [0.15, 0.2) is 102 Å². The van der Waals surface area contributed by atoms with E-state index in [2.05, 4.69) is 5.32 Å².